The predicted molar refractivity (Wildman–Crippen MR) is 66.6 cm³/mol. The number of aromatic nitrogens is 2. The fraction of sp³-hybridized carbons (Fsp3) is 0.333. The van der Waals surface area contributed by atoms with E-state index >= 15 is 0 Å². The van der Waals surface area contributed by atoms with Crippen molar-refractivity contribution < 1.29 is 4.39 Å². The Kier molecular flexibility index (Phi) is 3.81. The molecule has 0 saturated carbocycles. The zero-order valence-corrected chi connectivity index (χ0v) is 10.6. The minimum absolute atomic E-state index is 0.201. The van der Waals surface area contributed by atoms with Crippen LogP contribution in [0.15, 0.2) is 23.8 Å². The molecule has 1 atom stereocenters. The number of aryl methyl sites for hydroxylation is 1. The smallest absolute Gasteiger partial charge is 0.146 e. The van der Waals surface area contributed by atoms with E-state index in [1.165, 1.54) is 6.20 Å². The summed E-state index contributed by atoms with van der Waals surface area (Å²) < 4.78 is 13.7. The Labute approximate surface area is 104 Å². The lowest BCUT2D eigenvalue weighted by Crippen LogP contribution is -2.23. The van der Waals surface area contributed by atoms with Gasteiger partial charge in [-0.25, -0.2) is 9.37 Å². The molecule has 90 valence electrons. The number of pyridine rings is 1. The number of nitrogens with zero attached hydrogens (tertiary/aromatic N) is 2. The highest BCUT2D eigenvalue weighted by Crippen LogP contribution is 2.24. The zero-order chi connectivity index (χ0) is 12.3. The number of rotatable bonds is 4. The molecule has 5 heteroatoms. The fourth-order valence-electron chi connectivity index (χ4n) is 1.71. The molecule has 0 spiro atoms. The van der Waals surface area contributed by atoms with Gasteiger partial charge in [-0.1, -0.05) is 6.92 Å². The molecule has 0 amide bonds. The molecule has 0 aliphatic carbocycles. The molecular weight excluding hydrogens is 237 g/mol. The van der Waals surface area contributed by atoms with E-state index in [-0.39, 0.29) is 11.9 Å². The Morgan fingerprint density at radius 1 is 1.53 bits per heavy atom. The summed E-state index contributed by atoms with van der Waals surface area (Å²) in [5.74, 6) is -0.302. The maximum atomic E-state index is 13.7. The summed E-state index contributed by atoms with van der Waals surface area (Å²) in [5, 5.41) is 6.19. The maximum Gasteiger partial charge on any atom is 0.146 e. The molecule has 2 aromatic heterocycles. The Balaban J connectivity index is 2.39. The van der Waals surface area contributed by atoms with Crippen molar-refractivity contribution in [2.45, 2.75) is 19.9 Å². The van der Waals surface area contributed by atoms with Gasteiger partial charge in [-0.15, -0.1) is 11.3 Å². The third kappa shape index (κ3) is 2.68. The van der Waals surface area contributed by atoms with Crippen LogP contribution in [0.3, 0.4) is 0 Å². The number of hydrogen-bond donors (Lipinski definition) is 1. The van der Waals surface area contributed by atoms with Crippen LogP contribution in [0.4, 0.5) is 4.39 Å². The van der Waals surface area contributed by atoms with Gasteiger partial charge in [-0.3, -0.25) is 4.98 Å². The molecule has 2 heterocycles. The lowest BCUT2D eigenvalue weighted by molar-refractivity contribution is 0.549. The minimum Gasteiger partial charge on any atom is -0.305 e. The van der Waals surface area contributed by atoms with E-state index in [4.69, 9.17) is 0 Å². The molecule has 0 radical (unpaired) electrons. The quantitative estimate of drug-likeness (QED) is 0.908. The van der Waals surface area contributed by atoms with Crippen molar-refractivity contribution in [3.05, 3.63) is 45.9 Å². The van der Waals surface area contributed by atoms with Crippen LogP contribution in [0.5, 0.6) is 0 Å². The molecule has 0 aliphatic heterocycles. The van der Waals surface area contributed by atoms with E-state index in [2.05, 4.69) is 15.3 Å². The van der Waals surface area contributed by atoms with Crippen LogP contribution in [0.25, 0.3) is 0 Å². The van der Waals surface area contributed by atoms with Crippen molar-refractivity contribution in [3.63, 3.8) is 0 Å². The molecule has 0 aliphatic rings. The van der Waals surface area contributed by atoms with E-state index < -0.39 is 0 Å². The van der Waals surface area contributed by atoms with Gasteiger partial charge in [0.2, 0.25) is 0 Å². The standard InChI is InChI=1S/C12H14FN3S/c1-3-15-12(11-7-17-8(2)16-11)9-4-5-14-6-10(9)13/h4-7,12,15H,3H2,1-2H3. The number of hydrogen-bond acceptors (Lipinski definition) is 4. The first-order chi connectivity index (χ1) is 8.22. The van der Waals surface area contributed by atoms with E-state index in [1.807, 2.05) is 19.2 Å². The fourth-order valence-corrected chi connectivity index (χ4v) is 2.35. The monoisotopic (exact) mass is 251 g/mol. The van der Waals surface area contributed by atoms with Crippen molar-refractivity contribution in [2.24, 2.45) is 0 Å². The lowest BCUT2D eigenvalue weighted by Gasteiger charge is -2.16. The molecule has 1 unspecified atom stereocenters. The highest BCUT2D eigenvalue weighted by Gasteiger charge is 2.19. The molecule has 2 rings (SSSR count). The first-order valence-electron chi connectivity index (χ1n) is 5.47. The van der Waals surface area contributed by atoms with Gasteiger partial charge in [-0.05, 0) is 19.5 Å². The number of thiazole rings is 1. The second kappa shape index (κ2) is 5.33. The third-order valence-electron chi connectivity index (χ3n) is 2.46. The highest BCUT2D eigenvalue weighted by molar-refractivity contribution is 7.09. The molecule has 0 fully saturated rings. The first-order valence-corrected chi connectivity index (χ1v) is 6.35. The average Bonchev–Trinajstić information content (AvgIpc) is 2.74. The average molecular weight is 251 g/mol. The molecule has 0 saturated heterocycles. The van der Waals surface area contributed by atoms with E-state index in [1.54, 1.807) is 23.6 Å². The van der Waals surface area contributed by atoms with E-state index in [0.29, 0.717) is 5.56 Å². The van der Waals surface area contributed by atoms with Crippen molar-refractivity contribution in [3.8, 4) is 0 Å². The Bertz CT molecular complexity index is 498. The summed E-state index contributed by atoms with van der Waals surface area (Å²) in [4.78, 5) is 8.18. The second-order valence-corrected chi connectivity index (χ2v) is 4.74. The second-order valence-electron chi connectivity index (χ2n) is 3.68. The zero-order valence-electron chi connectivity index (χ0n) is 9.77. The van der Waals surface area contributed by atoms with Crippen LogP contribution in [0.2, 0.25) is 0 Å². The number of halogens is 1. The molecule has 0 bridgehead atoms. The summed E-state index contributed by atoms with van der Waals surface area (Å²) in [6.07, 6.45) is 2.83. The Morgan fingerprint density at radius 3 is 2.94 bits per heavy atom. The van der Waals surface area contributed by atoms with Crippen LogP contribution in [0, 0.1) is 12.7 Å². The largest absolute Gasteiger partial charge is 0.305 e. The number of nitrogens with one attached hydrogen (secondary N) is 1. The van der Waals surface area contributed by atoms with E-state index in [9.17, 15) is 4.39 Å². The molecule has 3 nitrogen and oxygen atoms in total. The molecular formula is C12H14FN3S. The summed E-state index contributed by atoms with van der Waals surface area (Å²) in [6.45, 7) is 4.69. The predicted octanol–water partition coefficient (Wildman–Crippen LogP) is 2.68. The van der Waals surface area contributed by atoms with Crippen LogP contribution in [0.1, 0.15) is 29.2 Å². The van der Waals surface area contributed by atoms with Gasteiger partial charge in [0.25, 0.3) is 0 Å². The normalized spacial score (nSPS) is 12.6. The van der Waals surface area contributed by atoms with Gasteiger partial charge in [-0.2, -0.15) is 0 Å². The van der Waals surface area contributed by atoms with Crippen LogP contribution in [-0.2, 0) is 0 Å². The minimum atomic E-state index is -0.302. The van der Waals surface area contributed by atoms with Gasteiger partial charge < -0.3 is 5.32 Å². The van der Waals surface area contributed by atoms with Gasteiger partial charge in [0.15, 0.2) is 0 Å². The molecule has 2 aromatic rings. The SMILES string of the molecule is CCNC(c1csc(C)n1)c1ccncc1F. The summed E-state index contributed by atoms with van der Waals surface area (Å²) in [6, 6.07) is 1.49. The molecule has 0 aromatic carbocycles. The van der Waals surface area contributed by atoms with Gasteiger partial charge in [0.05, 0.1) is 22.9 Å². The van der Waals surface area contributed by atoms with Crippen LogP contribution in [-0.4, -0.2) is 16.5 Å². The lowest BCUT2D eigenvalue weighted by atomic mass is 10.1. The van der Waals surface area contributed by atoms with Crippen molar-refractivity contribution in [1.29, 1.82) is 0 Å². The van der Waals surface area contributed by atoms with Crippen molar-refractivity contribution in [2.75, 3.05) is 6.54 Å². The third-order valence-corrected chi connectivity index (χ3v) is 3.25. The van der Waals surface area contributed by atoms with E-state index in [0.717, 1.165) is 17.2 Å². The van der Waals surface area contributed by atoms with Crippen LogP contribution < -0.4 is 5.32 Å². The first kappa shape index (κ1) is 12.1. The van der Waals surface area contributed by atoms with Gasteiger partial charge >= 0.3 is 0 Å². The Morgan fingerprint density at radius 2 is 2.35 bits per heavy atom. The molecule has 1 N–H and O–H groups in total. The van der Waals surface area contributed by atoms with Crippen molar-refractivity contribution >= 4 is 11.3 Å². The van der Waals surface area contributed by atoms with Crippen molar-refractivity contribution in [1.82, 2.24) is 15.3 Å². The topological polar surface area (TPSA) is 37.8 Å². The highest BCUT2D eigenvalue weighted by atomic mass is 32.1. The van der Waals surface area contributed by atoms with Gasteiger partial charge in [0, 0.05) is 17.1 Å². The van der Waals surface area contributed by atoms with Crippen LogP contribution >= 0.6 is 11.3 Å². The summed E-state index contributed by atoms with van der Waals surface area (Å²) >= 11 is 1.57. The summed E-state index contributed by atoms with van der Waals surface area (Å²) in [7, 11) is 0. The summed E-state index contributed by atoms with van der Waals surface area (Å²) in [5.41, 5.74) is 1.45. The molecule has 17 heavy (non-hydrogen) atoms. The Hall–Kier alpha value is -1.33. The maximum absolute atomic E-state index is 13.7. The van der Waals surface area contributed by atoms with Gasteiger partial charge in [0.1, 0.15) is 5.82 Å².